The molecule has 3 amide bonds. The number of carbonyl (C=O) groups is 3. The molecule has 0 saturated heterocycles. The van der Waals surface area contributed by atoms with Crippen molar-refractivity contribution in [1.82, 2.24) is 16.1 Å². The first-order valence-electron chi connectivity index (χ1n) is 10.7. The van der Waals surface area contributed by atoms with Crippen LogP contribution in [0.1, 0.15) is 34.8 Å². The molecule has 2 aromatic carbocycles. The lowest BCUT2D eigenvalue weighted by molar-refractivity contribution is -0.133. The molecule has 2 atom stereocenters. The number of anilines is 1. The third kappa shape index (κ3) is 8.65. The number of aliphatic hydroxyl groups excluding tert-OH is 1. The fraction of sp³-hybridized carbons (Fsp3) is 0.292. The molecule has 8 N–H and O–H groups in total. The van der Waals surface area contributed by atoms with Crippen molar-refractivity contribution in [3.8, 4) is 11.8 Å². The zero-order valence-corrected chi connectivity index (χ0v) is 18.8. The molecule has 0 aromatic heterocycles. The Labute approximate surface area is 197 Å². The van der Waals surface area contributed by atoms with Gasteiger partial charge >= 0.3 is 0 Å². The van der Waals surface area contributed by atoms with Crippen molar-refractivity contribution in [3.63, 3.8) is 0 Å². The Morgan fingerprint density at radius 1 is 1.00 bits per heavy atom. The highest BCUT2D eigenvalue weighted by Crippen LogP contribution is 2.09. The summed E-state index contributed by atoms with van der Waals surface area (Å²) in [6, 6.07) is 12.2. The maximum atomic E-state index is 12.3. The lowest BCUT2D eigenvalue weighted by atomic mass is 10.1. The van der Waals surface area contributed by atoms with Gasteiger partial charge in [-0.15, -0.1) is 0 Å². The van der Waals surface area contributed by atoms with E-state index in [1.807, 2.05) is 0 Å². The van der Waals surface area contributed by atoms with Crippen LogP contribution in [-0.4, -0.2) is 59.8 Å². The first-order chi connectivity index (χ1) is 16.3. The minimum Gasteiger partial charge on any atom is -0.391 e. The molecule has 0 saturated carbocycles. The van der Waals surface area contributed by atoms with Crippen LogP contribution in [0.5, 0.6) is 0 Å². The number of carbonyl (C=O) groups excluding carboxylic acids is 3. The van der Waals surface area contributed by atoms with E-state index < -0.39 is 24.0 Å². The van der Waals surface area contributed by atoms with E-state index in [2.05, 4.69) is 27.8 Å². The van der Waals surface area contributed by atoms with Crippen molar-refractivity contribution in [3.05, 3.63) is 65.2 Å². The molecular weight excluding hydrogens is 438 g/mol. The minimum absolute atomic E-state index is 0.142. The van der Waals surface area contributed by atoms with Gasteiger partial charge in [0.25, 0.3) is 11.8 Å². The van der Waals surface area contributed by atoms with Crippen LogP contribution >= 0.6 is 0 Å². The average Bonchev–Trinajstić information content (AvgIpc) is 2.84. The Morgan fingerprint density at radius 3 is 2.12 bits per heavy atom. The average molecular weight is 468 g/mol. The topological polar surface area (TPSA) is 166 Å². The Kier molecular flexibility index (Phi) is 10.7. The van der Waals surface area contributed by atoms with E-state index in [9.17, 15) is 19.5 Å². The summed E-state index contributed by atoms with van der Waals surface area (Å²) >= 11 is 0. The van der Waals surface area contributed by atoms with Crippen molar-refractivity contribution in [2.24, 2.45) is 5.73 Å². The van der Waals surface area contributed by atoms with Crippen molar-refractivity contribution < 1.29 is 24.7 Å². The van der Waals surface area contributed by atoms with Crippen LogP contribution in [0.3, 0.4) is 0 Å². The Hall–Kier alpha value is -3.75. The van der Waals surface area contributed by atoms with Gasteiger partial charge in [-0.25, -0.2) is 5.48 Å². The molecule has 34 heavy (non-hydrogen) atoms. The number of nitrogens with two attached hydrogens (primary N) is 1. The number of nitrogens with one attached hydrogen (secondary N) is 4. The van der Waals surface area contributed by atoms with E-state index in [0.29, 0.717) is 24.3 Å². The maximum Gasteiger partial charge on any atom is 0.268 e. The monoisotopic (exact) mass is 467 g/mol. The third-order valence-corrected chi connectivity index (χ3v) is 4.67. The molecule has 0 aliphatic carbocycles. The zero-order valence-electron chi connectivity index (χ0n) is 18.8. The number of hydrogen-bond acceptors (Lipinski definition) is 7. The molecule has 0 spiro atoms. The first kappa shape index (κ1) is 26.5. The number of amides is 3. The summed E-state index contributed by atoms with van der Waals surface area (Å²) in [7, 11) is 0. The van der Waals surface area contributed by atoms with Crippen molar-refractivity contribution >= 4 is 23.4 Å². The van der Waals surface area contributed by atoms with Crippen molar-refractivity contribution in [1.29, 1.82) is 0 Å². The molecular formula is C24H29N5O5. The van der Waals surface area contributed by atoms with E-state index in [4.69, 9.17) is 10.9 Å². The summed E-state index contributed by atoms with van der Waals surface area (Å²) in [6.07, 6.45) is -0.387. The zero-order chi connectivity index (χ0) is 24.9. The third-order valence-electron chi connectivity index (χ3n) is 4.67. The van der Waals surface area contributed by atoms with Gasteiger partial charge in [0.15, 0.2) is 0 Å². The van der Waals surface area contributed by atoms with Crippen LogP contribution in [0, 0.1) is 11.8 Å². The van der Waals surface area contributed by atoms with Crippen molar-refractivity contribution in [2.45, 2.75) is 25.5 Å². The second kappa shape index (κ2) is 13.7. The minimum atomic E-state index is -1.29. The van der Waals surface area contributed by atoms with E-state index in [0.717, 1.165) is 12.0 Å². The highest BCUT2D eigenvalue weighted by atomic mass is 16.5. The van der Waals surface area contributed by atoms with Crippen LogP contribution in [0.25, 0.3) is 0 Å². The standard InChI is InChI=1S/C24H29N5O5/c1-16(30)22(24(33)29-34)28-23(32)19-9-5-17(6-10-19)3-4-18-7-11-20(12-8-18)27-21(31)15-26-14-2-13-25/h5-12,16,22,26,30,34H,2,13-15,25H2,1H3,(H,27,31)(H,28,32)(H,29,33)/t16-,22+/m1/s1. The Bertz CT molecular complexity index is 1030. The quantitative estimate of drug-likeness (QED) is 0.111. The lowest BCUT2D eigenvalue weighted by Gasteiger charge is -2.19. The summed E-state index contributed by atoms with van der Waals surface area (Å²) in [5.74, 6) is 4.35. The molecule has 0 aliphatic rings. The van der Waals surface area contributed by atoms with Gasteiger partial charge in [-0.3, -0.25) is 19.6 Å². The molecule has 0 unspecified atom stereocenters. The number of aliphatic hydroxyl groups is 1. The Morgan fingerprint density at radius 2 is 1.59 bits per heavy atom. The maximum absolute atomic E-state index is 12.3. The summed E-state index contributed by atoms with van der Waals surface area (Å²) < 4.78 is 0. The molecule has 0 bridgehead atoms. The summed E-state index contributed by atoms with van der Waals surface area (Å²) in [6.45, 7) is 2.80. The molecule has 0 heterocycles. The van der Waals surface area contributed by atoms with Gasteiger partial charge in [-0.1, -0.05) is 11.8 Å². The van der Waals surface area contributed by atoms with Crippen LogP contribution in [0.4, 0.5) is 5.69 Å². The van der Waals surface area contributed by atoms with Crippen LogP contribution in [0.2, 0.25) is 0 Å². The molecule has 2 rings (SSSR count). The normalized spacial score (nSPS) is 12.0. The van der Waals surface area contributed by atoms with Gasteiger partial charge in [-0.05, 0) is 75.0 Å². The number of rotatable bonds is 10. The summed E-state index contributed by atoms with van der Waals surface area (Å²) in [4.78, 5) is 35.7. The smallest absolute Gasteiger partial charge is 0.268 e. The van der Waals surface area contributed by atoms with E-state index in [-0.39, 0.29) is 18.0 Å². The molecule has 2 aromatic rings. The first-order valence-corrected chi connectivity index (χ1v) is 10.7. The fourth-order valence-corrected chi connectivity index (χ4v) is 2.82. The Balaban J connectivity index is 1.93. The molecule has 180 valence electrons. The van der Waals surface area contributed by atoms with E-state index in [1.165, 1.54) is 24.5 Å². The van der Waals surface area contributed by atoms with Crippen LogP contribution in [0.15, 0.2) is 48.5 Å². The lowest BCUT2D eigenvalue weighted by Crippen LogP contribution is -2.51. The van der Waals surface area contributed by atoms with Crippen LogP contribution < -0.4 is 27.2 Å². The number of hydroxylamine groups is 1. The fourth-order valence-electron chi connectivity index (χ4n) is 2.82. The van der Waals surface area contributed by atoms with Crippen LogP contribution in [-0.2, 0) is 9.59 Å². The van der Waals surface area contributed by atoms with Gasteiger partial charge in [-0.2, -0.15) is 0 Å². The predicted octanol–water partition coefficient (Wildman–Crippen LogP) is -0.0521. The van der Waals surface area contributed by atoms with Gasteiger partial charge in [0.05, 0.1) is 12.6 Å². The molecule has 0 fully saturated rings. The highest BCUT2D eigenvalue weighted by Gasteiger charge is 2.25. The van der Waals surface area contributed by atoms with Gasteiger partial charge < -0.3 is 26.8 Å². The molecule has 0 aliphatic heterocycles. The number of benzene rings is 2. The van der Waals surface area contributed by atoms with Gasteiger partial charge in [0, 0.05) is 22.4 Å². The number of hydrogen-bond donors (Lipinski definition) is 7. The highest BCUT2D eigenvalue weighted by molar-refractivity contribution is 5.97. The summed E-state index contributed by atoms with van der Waals surface area (Å²) in [5, 5.41) is 26.5. The largest absolute Gasteiger partial charge is 0.391 e. The molecule has 0 radical (unpaired) electrons. The summed E-state index contributed by atoms with van der Waals surface area (Å²) in [5.41, 5.74) is 9.16. The van der Waals surface area contributed by atoms with Gasteiger partial charge in [0.1, 0.15) is 6.04 Å². The molecule has 10 nitrogen and oxygen atoms in total. The molecule has 10 heteroatoms. The van der Waals surface area contributed by atoms with Gasteiger partial charge in [0.2, 0.25) is 5.91 Å². The predicted molar refractivity (Wildman–Crippen MR) is 127 cm³/mol. The SMILES string of the molecule is C[C@@H](O)[C@H](NC(=O)c1ccc(C#Cc2ccc(NC(=O)CNCCCN)cc2)cc1)C(=O)NO. The second-order valence-electron chi connectivity index (χ2n) is 7.44. The second-order valence-corrected chi connectivity index (χ2v) is 7.44. The van der Waals surface area contributed by atoms with Crippen molar-refractivity contribution in [2.75, 3.05) is 25.0 Å². The van der Waals surface area contributed by atoms with E-state index >= 15 is 0 Å². The van der Waals surface area contributed by atoms with E-state index in [1.54, 1.807) is 36.4 Å².